The molecule has 0 fully saturated rings. The van der Waals surface area contributed by atoms with Crippen LogP contribution in [-0.2, 0) is 51.2 Å². The predicted octanol–water partition coefficient (Wildman–Crippen LogP) is 24.5. The van der Waals surface area contributed by atoms with Crippen LogP contribution in [0.2, 0.25) is 0 Å². The number of hydrogen-bond acceptors (Lipinski definition) is 18. The van der Waals surface area contributed by atoms with Crippen molar-refractivity contribution in [3.63, 3.8) is 0 Å². The van der Waals surface area contributed by atoms with Gasteiger partial charge in [0.2, 0.25) is 0 Å². The molecule has 669 valence electrons. The number of nitrogens with zero attached hydrogens (tertiary/aromatic N) is 24. The van der Waals surface area contributed by atoms with Crippen LogP contribution in [-0.4, -0.2) is 89.7 Å². The zero-order chi connectivity index (χ0) is 90.6. The van der Waals surface area contributed by atoms with Gasteiger partial charge in [-0.15, -0.1) is 0 Å². The Morgan fingerprint density at radius 2 is 0.185 bits per heavy atom. The molecule has 0 N–H and O–H groups in total. The molecule has 6 aliphatic heterocycles. The van der Waals surface area contributed by atoms with Gasteiger partial charge in [0.25, 0.3) is 0 Å². The number of benzene rings is 12. The minimum absolute atomic E-state index is 0. The number of hydrogen-bond donors (Lipinski definition) is 0. The number of aromatic nitrogens is 24. The summed E-state index contributed by atoms with van der Waals surface area (Å²) in [5, 5.41) is 10.7. The van der Waals surface area contributed by atoms with Crippen LogP contribution >= 0.6 is 0 Å². The first-order valence-electron chi connectivity index (χ1n) is 44.7. The quantitative estimate of drug-likeness (QED) is 0.127. The monoisotopic (exact) mass is 1910 g/mol. The fraction of sp³-hybridized carbons (Fsp3) is 0.111. The van der Waals surface area contributed by atoms with Crippen molar-refractivity contribution in [2.75, 3.05) is 0 Å². The van der Waals surface area contributed by atoms with Gasteiger partial charge < -0.3 is 89.7 Å². The fourth-order valence-electron chi connectivity index (χ4n) is 16.4. The summed E-state index contributed by atoms with van der Waals surface area (Å²) >= 11 is 0. The van der Waals surface area contributed by atoms with Gasteiger partial charge in [0.15, 0.2) is 0 Å². The Morgan fingerprint density at radius 3 is 0.267 bits per heavy atom. The molecule has 0 saturated carbocycles. The molecule has 9 aromatic heterocycles. The van der Waals surface area contributed by atoms with E-state index in [1.807, 2.05) is 374 Å². The molecule has 12 aromatic carbocycles. The summed E-state index contributed by atoms with van der Waals surface area (Å²) in [5.74, 6) is 6.62. The van der Waals surface area contributed by atoms with Gasteiger partial charge in [-0.05, 0) is 64.6 Å². The van der Waals surface area contributed by atoms with Crippen molar-refractivity contribution < 1.29 is 51.2 Å². The van der Waals surface area contributed by atoms with Gasteiger partial charge in [-0.1, -0.05) is 374 Å². The van der Waals surface area contributed by atoms with Crippen LogP contribution in [0.4, 0.5) is 0 Å². The SMILES string of the molecule is CC.CC.CC.CC.CC.CC.[Cu+2].[Cu+2].[Cu+2].c1ccc2c(c1)-c1nc-2nc2[n-]c(nc3nc(nc4[n-]c(n1)c1ccccc41)-c1ccccc1-3)c1ccccc21.c1ccc2c(c1)-c1nc-2nc2[n-]c(nc3nc(nc4[n-]c(n1)c1ccccc41)-c1ccccc1-3)c1ccccc21.c1ccc2c(c1)-c1nc-2nc2[n-]c(nc3nc(nc4[n-]c(n1)c1ccccc41)-c1ccccc1-3)c1ccccc21. The average Bonchev–Trinajstić information content (AvgIpc) is 1.61. The molecule has 3 radical (unpaired) electrons. The first-order chi connectivity index (χ1) is 65.4. The Labute approximate surface area is 808 Å². The Balaban J connectivity index is 0.000000138. The van der Waals surface area contributed by atoms with E-state index in [2.05, 4.69) is 0 Å². The van der Waals surface area contributed by atoms with Gasteiger partial charge in [-0.2, -0.15) is 0 Å². The summed E-state index contributed by atoms with van der Waals surface area (Å²) in [4.78, 5) is 118. The standard InChI is InChI=1S/3C32H16N8.6C2H6.3Cu/c3*1-2-10-18-17(9-1)25-33-26(18)38-28-21-13-5-6-14-22(21)30(35-28)40-32-24-16-8-7-15-23(24)31(36-32)39-29-20-12-4-3-11-19(20)27(34-29)37-25;6*1-2;;;/h3*1-16H;6*1-2H3;;;/q3*-2;;;;;;;3*+2. The predicted molar refractivity (Wildman–Crippen MR) is 530 cm³/mol. The molecule has 15 heterocycles. The topological polar surface area (TPSA) is 317 Å². The Kier molecular flexibility index (Phi) is 27.8. The third-order valence-corrected chi connectivity index (χ3v) is 22.0. The van der Waals surface area contributed by atoms with Crippen molar-refractivity contribution in [1.29, 1.82) is 0 Å². The molecule has 0 aliphatic carbocycles. The van der Waals surface area contributed by atoms with Gasteiger partial charge in [-0.3, -0.25) is 0 Å². The van der Waals surface area contributed by atoms with Crippen molar-refractivity contribution >= 4 is 132 Å². The smallest absolute Gasteiger partial charge is 0.357 e. The molecule has 0 unspecified atom stereocenters. The van der Waals surface area contributed by atoms with E-state index >= 15 is 0 Å². The van der Waals surface area contributed by atoms with E-state index in [9.17, 15) is 0 Å². The number of fused-ring (bicyclic) bond motifs is 60. The molecule has 0 atom stereocenters. The molecule has 6 aliphatic rings. The summed E-state index contributed by atoms with van der Waals surface area (Å²) in [5.41, 5.74) is 17.3. The zero-order valence-corrected chi connectivity index (χ0v) is 78.2. The average molecular weight is 1910 g/mol. The maximum absolute atomic E-state index is 4.95. The van der Waals surface area contributed by atoms with Gasteiger partial charge >= 0.3 is 51.2 Å². The maximum atomic E-state index is 4.95. The Morgan fingerprint density at radius 1 is 0.111 bits per heavy atom. The van der Waals surface area contributed by atoms with E-state index < -0.39 is 0 Å². The summed E-state index contributed by atoms with van der Waals surface area (Å²) in [7, 11) is 0. The molecule has 21 aromatic rings. The molecule has 24 bridgehead atoms. The van der Waals surface area contributed by atoms with E-state index in [1.54, 1.807) is 0 Å². The van der Waals surface area contributed by atoms with E-state index in [4.69, 9.17) is 120 Å². The van der Waals surface area contributed by atoms with Crippen molar-refractivity contribution in [3.05, 3.63) is 291 Å². The molecule has 27 heteroatoms. The second-order valence-electron chi connectivity index (χ2n) is 29.0. The van der Waals surface area contributed by atoms with Crippen molar-refractivity contribution in [2.24, 2.45) is 0 Å². The fourth-order valence-corrected chi connectivity index (χ4v) is 16.4. The van der Waals surface area contributed by atoms with Crippen LogP contribution < -0.4 is 29.9 Å². The summed E-state index contributed by atoms with van der Waals surface area (Å²) < 4.78 is 0. The van der Waals surface area contributed by atoms with E-state index in [1.165, 1.54) is 0 Å². The number of rotatable bonds is 0. The second-order valence-corrected chi connectivity index (χ2v) is 29.0. The third kappa shape index (κ3) is 16.8. The largest absolute Gasteiger partial charge is 2.00 e. The minimum atomic E-state index is 0. The van der Waals surface area contributed by atoms with Crippen LogP contribution in [0.15, 0.2) is 291 Å². The Hall–Kier alpha value is -15.7. The van der Waals surface area contributed by atoms with Crippen molar-refractivity contribution in [3.8, 4) is 137 Å². The zero-order valence-electron chi connectivity index (χ0n) is 75.4. The van der Waals surface area contributed by atoms with Crippen LogP contribution in [0, 0.1) is 0 Å². The van der Waals surface area contributed by atoms with Gasteiger partial charge in [0.1, 0.15) is 0 Å². The molecule has 135 heavy (non-hydrogen) atoms. The summed E-state index contributed by atoms with van der Waals surface area (Å²) in [6.45, 7) is 24.0. The molecular formula is C108H84Cu3N24. The molecular weight excluding hydrogens is 1820 g/mol. The first kappa shape index (κ1) is 92.5. The molecule has 0 amide bonds. The van der Waals surface area contributed by atoms with E-state index in [-0.39, 0.29) is 51.2 Å². The third-order valence-electron chi connectivity index (χ3n) is 22.0. The minimum Gasteiger partial charge on any atom is -0.357 e. The molecule has 27 rings (SSSR count). The van der Waals surface area contributed by atoms with Crippen LogP contribution in [0.25, 0.3) is 269 Å². The van der Waals surface area contributed by atoms with Crippen molar-refractivity contribution in [1.82, 2.24) is 120 Å². The van der Waals surface area contributed by atoms with Gasteiger partial charge in [-0.25, -0.2) is 29.9 Å². The van der Waals surface area contributed by atoms with E-state index in [0.29, 0.717) is 138 Å². The molecule has 0 spiro atoms. The summed E-state index contributed by atoms with van der Waals surface area (Å²) in [6, 6.07) is 95.5. The van der Waals surface area contributed by atoms with Crippen molar-refractivity contribution in [2.45, 2.75) is 83.1 Å². The van der Waals surface area contributed by atoms with Gasteiger partial charge in [0.05, 0.1) is 69.9 Å². The molecule has 0 saturated heterocycles. The van der Waals surface area contributed by atoms with Crippen LogP contribution in [0.5, 0.6) is 0 Å². The second kappa shape index (κ2) is 40.6. The molecule has 24 nitrogen and oxygen atoms in total. The first-order valence-corrected chi connectivity index (χ1v) is 44.7. The maximum Gasteiger partial charge on any atom is 2.00 e. The normalized spacial score (nSPS) is 10.9. The van der Waals surface area contributed by atoms with E-state index in [0.717, 1.165) is 131 Å². The Bertz CT molecular complexity index is 6900. The van der Waals surface area contributed by atoms with Crippen LogP contribution in [0.3, 0.4) is 0 Å². The van der Waals surface area contributed by atoms with Gasteiger partial charge in [0, 0.05) is 135 Å². The summed E-state index contributed by atoms with van der Waals surface area (Å²) in [6.07, 6.45) is 0. The van der Waals surface area contributed by atoms with Crippen LogP contribution in [0.1, 0.15) is 83.1 Å².